The molecule has 0 bridgehead atoms. The van der Waals surface area contributed by atoms with Crippen LogP contribution in [0.4, 0.5) is 0 Å². The van der Waals surface area contributed by atoms with Gasteiger partial charge < -0.3 is 0 Å². The molecule has 2 aromatic carbocycles. The second-order valence-electron chi connectivity index (χ2n) is 7.48. The topological polar surface area (TPSA) is 12.9 Å². The van der Waals surface area contributed by atoms with Crippen molar-refractivity contribution in [3.63, 3.8) is 0 Å². The Kier molecular flexibility index (Phi) is 5.14. The first-order chi connectivity index (χ1) is 14.1. The highest BCUT2D eigenvalue weighted by atomic mass is 14.6. The van der Waals surface area contributed by atoms with Crippen molar-refractivity contribution in [3.8, 4) is 11.1 Å². The minimum atomic E-state index is 0.892. The molecule has 3 aromatic rings. The molecular weight excluding hydrogens is 350 g/mol. The second-order valence-corrected chi connectivity index (χ2v) is 7.48. The van der Waals surface area contributed by atoms with Crippen LogP contribution in [0.2, 0.25) is 0 Å². The zero-order valence-corrected chi connectivity index (χ0v) is 16.9. The molecule has 0 saturated heterocycles. The Morgan fingerprint density at radius 1 is 0.862 bits per heavy atom. The van der Waals surface area contributed by atoms with E-state index < -0.39 is 0 Å². The fraction of sp³-hybridized carbons (Fsp3) is 0.107. The highest BCUT2D eigenvalue weighted by Crippen LogP contribution is 2.39. The van der Waals surface area contributed by atoms with Crippen LogP contribution in [-0.2, 0) is 6.42 Å². The molecule has 1 nitrogen and oxygen atoms in total. The normalized spacial score (nSPS) is 14.2. The molecule has 29 heavy (non-hydrogen) atoms. The van der Waals surface area contributed by atoms with Crippen LogP contribution >= 0.6 is 0 Å². The van der Waals surface area contributed by atoms with Gasteiger partial charge in [-0.15, -0.1) is 0 Å². The lowest BCUT2D eigenvalue weighted by molar-refractivity contribution is 0.968. The lowest BCUT2D eigenvalue weighted by Gasteiger charge is -2.22. The van der Waals surface area contributed by atoms with Gasteiger partial charge in [0.15, 0.2) is 0 Å². The molecule has 4 rings (SSSR count). The number of pyridine rings is 1. The summed E-state index contributed by atoms with van der Waals surface area (Å²) in [6.45, 7) is 15.1. The lowest BCUT2D eigenvalue weighted by atomic mass is 9.82. The third kappa shape index (κ3) is 3.52. The molecule has 0 radical (unpaired) electrons. The quantitative estimate of drug-likeness (QED) is 0.455. The van der Waals surface area contributed by atoms with Crippen LogP contribution < -0.4 is 0 Å². The molecule has 0 amide bonds. The maximum absolute atomic E-state index is 4.42. The Morgan fingerprint density at radius 2 is 1.69 bits per heavy atom. The van der Waals surface area contributed by atoms with E-state index in [0.29, 0.717) is 0 Å². The van der Waals surface area contributed by atoms with Gasteiger partial charge in [-0.3, -0.25) is 4.98 Å². The van der Waals surface area contributed by atoms with Crippen molar-refractivity contribution in [1.82, 2.24) is 4.98 Å². The van der Waals surface area contributed by atoms with Gasteiger partial charge in [0.25, 0.3) is 0 Å². The van der Waals surface area contributed by atoms with Crippen molar-refractivity contribution in [2.45, 2.75) is 19.8 Å². The van der Waals surface area contributed by atoms with Crippen LogP contribution in [0.1, 0.15) is 35.6 Å². The van der Waals surface area contributed by atoms with E-state index in [9.17, 15) is 0 Å². The summed E-state index contributed by atoms with van der Waals surface area (Å²) in [5.74, 6) is 0. The molecule has 0 aliphatic heterocycles. The molecule has 1 heterocycles. The number of aromatic nitrogens is 1. The zero-order chi connectivity index (χ0) is 20.4. The predicted octanol–water partition coefficient (Wildman–Crippen LogP) is 7.38. The van der Waals surface area contributed by atoms with Gasteiger partial charge in [0, 0.05) is 18.0 Å². The molecule has 0 unspecified atom stereocenters. The summed E-state index contributed by atoms with van der Waals surface area (Å²) in [6, 6.07) is 19.2. The summed E-state index contributed by atoms with van der Waals surface area (Å²) in [5, 5.41) is 0. The molecule has 1 aliphatic rings. The van der Waals surface area contributed by atoms with Gasteiger partial charge >= 0.3 is 0 Å². The average molecular weight is 376 g/mol. The smallest absolute Gasteiger partial charge is 0.0346 e. The predicted molar refractivity (Wildman–Crippen MR) is 125 cm³/mol. The number of hydrogen-bond donors (Lipinski definition) is 0. The Labute approximate surface area is 173 Å². The number of aryl methyl sites for hydroxylation is 1. The van der Waals surface area contributed by atoms with Crippen LogP contribution in [0, 0.1) is 0 Å². The second kappa shape index (κ2) is 7.89. The van der Waals surface area contributed by atoms with Gasteiger partial charge in [-0.25, -0.2) is 0 Å². The Hall–Kier alpha value is -3.45. The van der Waals surface area contributed by atoms with Gasteiger partial charge in [0.05, 0.1) is 0 Å². The van der Waals surface area contributed by atoms with E-state index in [2.05, 4.69) is 80.2 Å². The Bertz CT molecular complexity index is 1150. The monoisotopic (exact) mass is 375 g/mol. The highest BCUT2D eigenvalue weighted by molar-refractivity contribution is 6.00. The van der Waals surface area contributed by atoms with Gasteiger partial charge in [-0.2, -0.15) is 0 Å². The first-order valence-corrected chi connectivity index (χ1v) is 9.94. The maximum atomic E-state index is 4.42. The van der Waals surface area contributed by atoms with Gasteiger partial charge in [-0.05, 0) is 82.0 Å². The zero-order valence-electron chi connectivity index (χ0n) is 16.9. The maximum Gasteiger partial charge on any atom is 0.0346 e. The molecule has 1 aromatic heterocycles. The average Bonchev–Trinajstić information content (AvgIpc) is 2.77. The van der Waals surface area contributed by atoms with Crippen molar-refractivity contribution in [1.29, 1.82) is 0 Å². The van der Waals surface area contributed by atoms with Crippen LogP contribution in [0.3, 0.4) is 0 Å². The molecular formula is C28H25N. The molecule has 0 spiro atoms. The number of rotatable bonds is 2. The minimum absolute atomic E-state index is 0.892. The van der Waals surface area contributed by atoms with Crippen LogP contribution in [0.5, 0.6) is 0 Å². The first kappa shape index (κ1) is 18.9. The SMILES string of the molecule is C=CC1=C(C)c2ccccc2CCC(=C)C(=C)c2cc(-c3cccnc3)ccc21. The number of hydrogen-bond acceptors (Lipinski definition) is 1. The lowest BCUT2D eigenvalue weighted by Crippen LogP contribution is -2.02. The Balaban J connectivity index is 1.99. The van der Waals surface area contributed by atoms with E-state index in [0.717, 1.165) is 51.8 Å². The largest absolute Gasteiger partial charge is 0.264 e. The van der Waals surface area contributed by atoms with Crippen molar-refractivity contribution in [2.24, 2.45) is 0 Å². The summed E-state index contributed by atoms with van der Waals surface area (Å²) >= 11 is 0. The highest BCUT2D eigenvalue weighted by Gasteiger charge is 2.18. The fourth-order valence-electron chi connectivity index (χ4n) is 4.08. The molecule has 0 atom stereocenters. The minimum Gasteiger partial charge on any atom is -0.264 e. The van der Waals surface area contributed by atoms with Crippen molar-refractivity contribution in [2.75, 3.05) is 0 Å². The first-order valence-electron chi connectivity index (χ1n) is 9.94. The molecule has 0 N–H and O–H groups in total. The van der Waals surface area contributed by atoms with E-state index in [1.807, 2.05) is 18.3 Å². The molecule has 1 heteroatoms. The van der Waals surface area contributed by atoms with Gasteiger partial charge in [0.1, 0.15) is 0 Å². The molecule has 142 valence electrons. The summed E-state index contributed by atoms with van der Waals surface area (Å²) in [7, 11) is 0. The van der Waals surface area contributed by atoms with Crippen molar-refractivity contribution < 1.29 is 0 Å². The van der Waals surface area contributed by atoms with Gasteiger partial charge in [-0.1, -0.05) is 68.3 Å². The summed E-state index contributed by atoms with van der Waals surface area (Å²) in [4.78, 5) is 4.27. The number of benzene rings is 2. The Morgan fingerprint density at radius 3 is 2.45 bits per heavy atom. The van der Waals surface area contributed by atoms with E-state index in [-0.39, 0.29) is 0 Å². The van der Waals surface area contributed by atoms with Crippen LogP contribution in [0.25, 0.3) is 27.8 Å². The standard InChI is InChI=1S/C28H25N/c1-5-25-21(4)26-11-7-6-9-22(26)13-12-19(2)20(3)28-17-23(14-15-27(25)28)24-10-8-16-29-18-24/h5-11,14-18H,1-3,12-13H2,4H3. The fourth-order valence-corrected chi connectivity index (χ4v) is 4.08. The molecule has 1 aliphatic carbocycles. The number of fused-ring (bicyclic) bond motifs is 2. The third-order valence-corrected chi connectivity index (χ3v) is 5.78. The van der Waals surface area contributed by atoms with Crippen LogP contribution in [-0.4, -0.2) is 4.98 Å². The number of nitrogens with zero attached hydrogens (tertiary/aromatic N) is 1. The van der Waals surface area contributed by atoms with E-state index >= 15 is 0 Å². The van der Waals surface area contributed by atoms with Crippen LogP contribution in [0.15, 0.2) is 98.4 Å². The summed E-state index contributed by atoms with van der Waals surface area (Å²) < 4.78 is 0. The van der Waals surface area contributed by atoms with Crippen molar-refractivity contribution in [3.05, 3.63) is 121 Å². The summed E-state index contributed by atoms with van der Waals surface area (Å²) in [6.07, 6.45) is 7.50. The van der Waals surface area contributed by atoms with E-state index in [1.165, 1.54) is 16.7 Å². The third-order valence-electron chi connectivity index (χ3n) is 5.78. The van der Waals surface area contributed by atoms with Gasteiger partial charge in [0.2, 0.25) is 0 Å². The summed E-state index contributed by atoms with van der Waals surface area (Å²) in [5.41, 5.74) is 11.6. The van der Waals surface area contributed by atoms with E-state index in [1.54, 1.807) is 6.20 Å². The molecule has 0 saturated carbocycles. The van der Waals surface area contributed by atoms with E-state index in [4.69, 9.17) is 0 Å². The molecule has 0 fully saturated rings. The van der Waals surface area contributed by atoms with Crippen molar-refractivity contribution >= 4 is 16.7 Å². The number of allylic oxidation sites excluding steroid dienone is 5.